The molecule has 27 heavy (non-hydrogen) atoms. The molecule has 1 rings (SSSR count). The molecule has 0 N–H and O–H groups in total. The fourth-order valence-electron chi connectivity index (χ4n) is 1.95. The summed E-state index contributed by atoms with van der Waals surface area (Å²) in [4.78, 5) is 13.4. The number of phosphoric acid groups is 1. The molecule has 0 heterocycles. The highest BCUT2D eigenvalue weighted by Gasteiger charge is 2.37. The van der Waals surface area contributed by atoms with Crippen molar-refractivity contribution in [3.63, 3.8) is 0 Å². The van der Waals surface area contributed by atoms with Crippen LogP contribution in [0.15, 0.2) is 30.3 Å². The predicted molar refractivity (Wildman–Crippen MR) is 104 cm³/mol. The molecule has 0 aromatic heterocycles. The lowest BCUT2D eigenvalue weighted by molar-refractivity contribution is 0.00114. The van der Waals surface area contributed by atoms with Crippen molar-refractivity contribution < 1.29 is 27.7 Å². The molecule has 154 valence electrons. The Morgan fingerprint density at radius 1 is 1.00 bits per heavy atom. The molecule has 0 saturated carbocycles. The van der Waals surface area contributed by atoms with E-state index < -0.39 is 25.1 Å². The number of amides is 1. The van der Waals surface area contributed by atoms with Gasteiger partial charge >= 0.3 is 13.9 Å². The normalized spacial score (nSPS) is 12.7. The lowest BCUT2D eigenvalue weighted by Crippen LogP contribution is -2.31. The molecule has 8 heteroatoms. The van der Waals surface area contributed by atoms with Gasteiger partial charge in [0, 0.05) is 13.6 Å². The van der Waals surface area contributed by atoms with Gasteiger partial charge in [-0.25, -0.2) is 9.36 Å². The average Bonchev–Trinajstić information content (AvgIpc) is 2.49. The Labute approximate surface area is 162 Å². The van der Waals surface area contributed by atoms with Crippen LogP contribution in [0.4, 0.5) is 4.79 Å². The first-order valence-electron chi connectivity index (χ1n) is 8.88. The Bertz CT molecular complexity index is 616. The molecule has 0 aliphatic carbocycles. The molecule has 1 aromatic rings. The third kappa shape index (κ3) is 10.5. The minimum atomic E-state index is -3.79. The van der Waals surface area contributed by atoms with Gasteiger partial charge in [0.2, 0.25) is 0 Å². The number of carbonyl (C=O) groups excluding carboxylic acids is 1. The van der Waals surface area contributed by atoms with Crippen LogP contribution in [0.2, 0.25) is 0 Å². The maximum absolute atomic E-state index is 12.9. The summed E-state index contributed by atoms with van der Waals surface area (Å²) in [6, 6.07) is 9.40. The zero-order valence-corrected chi connectivity index (χ0v) is 18.2. The summed E-state index contributed by atoms with van der Waals surface area (Å²) in [5.74, 6) is 0. The number of carbonyl (C=O) groups is 1. The molecule has 0 bridgehead atoms. The molecule has 7 nitrogen and oxygen atoms in total. The smallest absolute Gasteiger partial charge is 0.445 e. The zero-order chi connectivity index (χ0) is 20.7. The molecular formula is C19H32NO6P. The molecule has 1 aromatic carbocycles. The number of nitrogens with zero attached hydrogens (tertiary/aromatic N) is 1. The van der Waals surface area contributed by atoms with Crippen molar-refractivity contribution in [2.75, 3.05) is 20.2 Å². The Morgan fingerprint density at radius 3 is 2.00 bits per heavy atom. The fourth-order valence-corrected chi connectivity index (χ4v) is 3.74. The molecule has 0 saturated heterocycles. The summed E-state index contributed by atoms with van der Waals surface area (Å²) >= 11 is 0. The summed E-state index contributed by atoms with van der Waals surface area (Å²) in [6.45, 7) is 10.9. The number of rotatable bonds is 8. The van der Waals surface area contributed by atoms with Gasteiger partial charge in [-0.3, -0.25) is 13.6 Å². The maximum atomic E-state index is 12.9. The monoisotopic (exact) mass is 401 g/mol. The SMILES string of the molecule is CN(CCOP(=O)(OC(C)(C)C)OC(C)(C)C)C(=O)OCc1ccccc1. The van der Waals surface area contributed by atoms with Crippen molar-refractivity contribution in [1.82, 2.24) is 4.90 Å². The number of ether oxygens (including phenoxy) is 1. The molecule has 0 radical (unpaired) electrons. The van der Waals surface area contributed by atoms with Gasteiger partial charge in [-0.1, -0.05) is 30.3 Å². The summed E-state index contributed by atoms with van der Waals surface area (Å²) in [6.07, 6.45) is -0.495. The molecule has 1 amide bonds. The van der Waals surface area contributed by atoms with E-state index in [-0.39, 0.29) is 19.8 Å². The minimum Gasteiger partial charge on any atom is -0.445 e. The van der Waals surface area contributed by atoms with E-state index >= 15 is 0 Å². The van der Waals surface area contributed by atoms with Crippen molar-refractivity contribution in [1.29, 1.82) is 0 Å². The zero-order valence-electron chi connectivity index (χ0n) is 17.4. The van der Waals surface area contributed by atoms with E-state index in [9.17, 15) is 9.36 Å². The van der Waals surface area contributed by atoms with E-state index in [0.29, 0.717) is 0 Å². The second-order valence-electron chi connectivity index (χ2n) is 8.15. The van der Waals surface area contributed by atoms with Crippen LogP contribution in [-0.4, -0.2) is 42.4 Å². The highest BCUT2D eigenvalue weighted by molar-refractivity contribution is 7.48. The minimum absolute atomic E-state index is 0.0135. The summed E-state index contributed by atoms with van der Waals surface area (Å²) < 4.78 is 34.6. The number of phosphoric ester groups is 1. The molecule has 0 atom stereocenters. The van der Waals surface area contributed by atoms with E-state index in [0.717, 1.165) is 5.56 Å². The molecule has 0 unspecified atom stereocenters. The Balaban J connectivity index is 2.53. The van der Waals surface area contributed by atoms with Crippen LogP contribution in [0.5, 0.6) is 0 Å². The topological polar surface area (TPSA) is 74.3 Å². The van der Waals surface area contributed by atoms with Gasteiger partial charge < -0.3 is 9.64 Å². The first kappa shape index (κ1) is 23.6. The molecule has 0 aliphatic heterocycles. The first-order valence-corrected chi connectivity index (χ1v) is 10.3. The van der Waals surface area contributed by atoms with Gasteiger partial charge in [-0.2, -0.15) is 0 Å². The number of hydrogen-bond donors (Lipinski definition) is 0. The standard InChI is InChI=1S/C19H32NO6P/c1-18(2,3)25-27(22,26-19(4,5)6)24-14-13-20(7)17(21)23-15-16-11-9-8-10-12-16/h8-12H,13-15H2,1-7H3. The van der Waals surface area contributed by atoms with Crippen LogP contribution >= 0.6 is 7.82 Å². The Hall–Kier alpha value is -1.40. The van der Waals surface area contributed by atoms with Gasteiger partial charge in [0.25, 0.3) is 0 Å². The van der Waals surface area contributed by atoms with Crippen molar-refractivity contribution in [3.8, 4) is 0 Å². The van der Waals surface area contributed by atoms with Crippen molar-refractivity contribution in [2.45, 2.75) is 59.4 Å². The molecule has 0 aliphatic rings. The Kier molecular flexibility index (Phi) is 8.48. The van der Waals surface area contributed by atoms with Crippen LogP contribution < -0.4 is 0 Å². The first-order chi connectivity index (χ1) is 12.3. The van der Waals surface area contributed by atoms with Gasteiger partial charge in [-0.05, 0) is 47.1 Å². The quantitative estimate of drug-likeness (QED) is 0.570. The van der Waals surface area contributed by atoms with Crippen LogP contribution in [0.3, 0.4) is 0 Å². The van der Waals surface area contributed by atoms with E-state index in [4.69, 9.17) is 18.3 Å². The molecular weight excluding hydrogens is 369 g/mol. The van der Waals surface area contributed by atoms with Crippen molar-refractivity contribution in [2.24, 2.45) is 0 Å². The lowest BCUT2D eigenvalue weighted by atomic mass is 10.2. The van der Waals surface area contributed by atoms with Crippen molar-refractivity contribution in [3.05, 3.63) is 35.9 Å². The highest BCUT2D eigenvalue weighted by Crippen LogP contribution is 2.55. The summed E-state index contributed by atoms with van der Waals surface area (Å²) in [5, 5.41) is 0. The molecule has 0 spiro atoms. The Morgan fingerprint density at radius 2 is 1.52 bits per heavy atom. The third-order valence-corrected chi connectivity index (χ3v) is 5.01. The van der Waals surface area contributed by atoms with Gasteiger partial charge in [0.1, 0.15) is 6.61 Å². The van der Waals surface area contributed by atoms with Gasteiger partial charge in [0.15, 0.2) is 0 Å². The third-order valence-electron chi connectivity index (χ3n) is 2.96. The van der Waals surface area contributed by atoms with Gasteiger partial charge in [-0.15, -0.1) is 0 Å². The molecule has 0 fully saturated rings. The van der Waals surface area contributed by atoms with E-state index in [2.05, 4.69) is 0 Å². The van der Waals surface area contributed by atoms with Gasteiger partial charge in [0.05, 0.1) is 17.8 Å². The highest BCUT2D eigenvalue weighted by atomic mass is 31.2. The number of benzene rings is 1. The van der Waals surface area contributed by atoms with Crippen molar-refractivity contribution >= 4 is 13.9 Å². The fraction of sp³-hybridized carbons (Fsp3) is 0.632. The van der Waals surface area contributed by atoms with E-state index in [1.807, 2.05) is 30.3 Å². The van der Waals surface area contributed by atoms with Crippen LogP contribution in [0.1, 0.15) is 47.1 Å². The van der Waals surface area contributed by atoms with Crippen LogP contribution in [-0.2, 0) is 29.5 Å². The average molecular weight is 401 g/mol. The summed E-state index contributed by atoms with van der Waals surface area (Å²) in [5.41, 5.74) is -0.514. The number of likely N-dealkylation sites (N-methyl/N-ethyl adjacent to an activating group) is 1. The van der Waals surface area contributed by atoms with E-state index in [1.165, 1.54) is 4.90 Å². The van der Waals surface area contributed by atoms with E-state index in [1.54, 1.807) is 48.6 Å². The number of hydrogen-bond acceptors (Lipinski definition) is 6. The second kappa shape index (κ2) is 9.69. The largest absolute Gasteiger partial charge is 0.475 e. The van der Waals surface area contributed by atoms with Crippen LogP contribution in [0, 0.1) is 0 Å². The summed E-state index contributed by atoms with van der Waals surface area (Å²) in [7, 11) is -2.21. The second-order valence-corrected chi connectivity index (χ2v) is 9.67. The van der Waals surface area contributed by atoms with Crippen LogP contribution in [0.25, 0.3) is 0 Å². The predicted octanol–water partition coefficient (Wildman–Crippen LogP) is 5.01. The maximum Gasteiger partial charge on any atom is 0.475 e. The lowest BCUT2D eigenvalue weighted by Gasteiger charge is -2.31.